The molecule has 1 unspecified atom stereocenters. The Bertz CT molecular complexity index is 1440. The zero-order valence-electron chi connectivity index (χ0n) is 21.2. The summed E-state index contributed by atoms with van der Waals surface area (Å²) in [5.74, 6) is 1.31. The zero-order chi connectivity index (χ0) is 26.3. The van der Waals surface area contributed by atoms with Gasteiger partial charge in [-0.2, -0.15) is 5.10 Å². The first-order valence-electron chi connectivity index (χ1n) is 12.6. The first kappa shape index (κ1) is 25.4. The Morgan fingerprint density at radius 2 is 1.71 bits per heavy atom. The van der Waals surface area contributed by atoms with Gasteiger partial charge < -0.3 is 14.3 Å². The van der Waals surface area contributed by atoms with E-state index in [1.165, 1.54) is 12.1 Å². The fourth-order valence-corrected chi connectivity index (χ4v) is 4.57. The third-order valence-corrected chi connectivity index (χ3v) is 6.27. The molecule has 7 heteroatoms. The van der Waals surface area contributed by atoms with E-state index in [-0.39, 0.29) is 5.82 Å². The van der Waals surface area contributed by atoms with E-state index in [1.807, 2.05) is 79.8 Å². The number of nitrogens with zero attached hydrogens (tertiary/aromatic N) is 3. The number of ether oxygens (including phenoxy) is 1. The SMILES string of the molecule is Cn1nc(-c2ccccc2)c(CN(Cc2ccco2)CC(O)Cc2ccccc2)c1Oc1cccc(F)c1. The van der Waals surface area contributed by atoms with Crippen LogP contribution in [0.25, 0.3) is 11.3 Å². The number of aromatic nitrogens is 2. The van der Waals surface area contributed by atoms with E-state index < -0.39 is 6.10 Å². The molecule has 0 saturated heterocycles. The van der Waals surface area contributed by atoms with E-state index in [2.05, 4.69) is 4.90 Å². The van der Waals surface area contributed by atoms with Crippen LogP contribution in [-0.2, 0) is 26.6 Å². The average Bonchev–Trinajstić information content (AvgIpc) is 3.53. The van der Waals surface area contributed by atoms with Gasteiger partial charge in [0.25, 0.3) is 0 Å². The van der Waals surface area contributed by atoms with Crippen molar-refractivity contribution in [3.8, 4) is 22.9 Å². The molecule has 38 heavy (non-hydrogen) atoms. The molecule has 5 rings (SSSR count). The molecular formula is C31H30FN3O3. The highest BCUT2D eigenvalue weighted by Gasteiger charge is 2.24. The van der Waals surface area contributed by atoms with Crippen molar-refractivity contribution < 1.29 is 18.7 Å². The summed E-state index contributed by atoms with van der Waals surface area (Å²) in [4.78, 5) is 2.12. The van der Waals surface area contributed by atoms with Crippen LogP contribution >= 0.6 is 0 Å². The van der Waals surface area contributed by atoms with Gasteiger partial charge in [0.05, 0.1) is 24.5 Å². The van der Waals surface area contributed by atoms with Crippen molar-refractivity contribution >= 4 is 0 Å². The van der Waals surface area contributed by atoms with Crippen LogP contribution in [0.15, 0.2) is 108 Å². The highest BCUT2D eigenvalue weighted by molar-refractivity contribution is 5.65. The molecule has 6 nitrogen and oxygen atoms in total. The molecule has 0 spiro atoms. The number of hydrogen-bond acceptors (Lipinski definition) is 5. The predicted octanol–water partition coefficient (Wildman–Crippen LogP) is 6.22. The van der Waals surface area contributed by atoms with Crippen LogP contribution in [-0.4, -0.2) is 32.4 Å². The fraction of sp³-hybridized carbons (Fsp3) is 0.194. The van der Waals surface area contributed by atoms with E-state index in [4.69, 9.17) is 14.3 Å². The molecule has 0 aliphatic rings. The van der Waals surface area contributed by atoms with Crippen LogP contribution < -0.4 is 4.74 Å². The third kappa shape index (κ3) is 6.37. The Balaban J connectivity index is 1.48. The maximum absolute atomic E-state index is 13.9. The maximum Gasteiger partial charge on any atom is 0.222 e. The monoisotopic (exact) mass is 511 g/mol. The number of rotatable bonds is 11. The summed E-state index contributed by atoms with van der Waals surface area (Å²) >= 11 is 0. The lowest BCUT2D eigenvalue weighted by atomic mass is 10.1. The fourth-order valence-electron chi connectivity index (χ4n) is 4.57. The van der Waals surface area contributed by atoms with Crippen molar-refractivity contribution in [2.24, 2.45) is 7.05 Å². The van der Waals surface area contributed by atoms with Gasteiger partial charge in [0, 0.05) is 31.8 Å². The van der Waals surface area contributed by atoms with Crippen molar-refractivity contribution in [1.29, 1.82) is 0 Å². The van der Waals surface area contributed by atoms with Gasteiger partial charge >= 0.3 is 0 Å². The summed E-state index contributed by atoms with van der Waals surface area (Å²) in [5, 5.41) is 15.8. The van der Waals surface area contributed by atoms with Crippen molar-refractivity contribution in [3.63, 3.8) is 0 Å². The molecule has 0 amide bonds. The lowest BCUT2D eigenvalue weighted by molar-refractivity contribution is 0.0999. The Morgan fingerprint density at radius 3 is 2.42 bits per heavy atom. The first-order valence-corrected chi connectivity index (χ1v) is 12.6. The number of aliphatic hydroxyl groups is 1. The molecule has 0 fully saturated rings. The van der Waals surface area contributed by atoms with Crippen molar-refractivity contribution in [1.82, 2.24) is 14.7 Å². The lowest BCUT2D eigenvalue weighted by Crippen LogP contribution is -2.33. The Kier molecular flexibility index (Phi) is 7.97. The Labute approximate surface area is 221 Å². The molecule has 1 N–H and O–H groups in total. The van der Waals surface area contributed by atoms with E-state index >= 15 is 0 Å². The van der Waals surface area contributed by atoms with Crippen molar-refractivity contribution in [2.75, 3.05) is 6.54 Å². The summed E-state index contributed by atoms with van der Waals surface area (Å²) in [5.41, 5.74) is 3.61. The zero-order valence-corrected chi connectivity index (χ0v) is 21.2. The molecule has 0 radical (unpaired) electrons. The predicted molar refractivity (Wildman–Crippen MR) is 144 cm³/mol. The highest BCUT2D eigenvalue weighted by atomic mass is 19.1. The van der Waals surface area contributed by atoms with E-state index in [9.17, 15) is 9.50 Å². The summed E-state index contributed by atoms with van der Waals surface area (Å²) in [7, 11) is 1.81. The van der Waals surface area contributed by atoms with E-state index in [0.29, 0.717) is 37.7 Å². The average molecular weight is 512 g/mol. The van der Waals surface area contributed by atoms with Gasteiger partial charge in [0.2, 0.25) is 5.88 Å². The summed E-state index contributed by atoms with van der Waals surface area (Å²) in [6.45, 7) is 1.31. The first-order chi connectivity index (χ1) is 18.5. The lowest BCUT2D eigenvalue weighted by Gasteiger charge is -2.25. The van der Waals surface area contributed by atoms with Crippen molar-refractivity contribution in [2.45, 2.75) is 25.6 Å². The van der Waals surface area contributed by atoms with Crippen LogP contribution in [0.2, 0.25) is 0 Å². The second-order valence-electron chi connectivity index (χ2n) is 9.27. The molecule has 0 aliphatic carbocycles. The molecular weight excluding hydrogens is 481 g/mol. The molecule has 2 aromatic heterocycles. The quantitative estimate of drug-likeness (QED) is 0.228. The summed E-state index contributed by atoms with van der Waals surface area (Å²) in [6, 6.07) is 29.7. The highest BCUT2D eigenvalue weighted by Crippen LogP contribution is 2.34. The molecule has 2 heterocycles. The molecule has 3 aromatic carbocycles. The Hall–Kier alpha value is -4.20. The molecule has 0 aliphatic heterocycles. The van der Waals surface area contributed by atoms with Crippen LogP contribution in [0.5, 0.6) is 11.6 Å². The smallest absolute Gasteiger partial charge is 0.222 e. The normalized spacial score (nSPS) is 12.1. The topological polar surface area (TPSA) is 63.7 Å². The van der Waals surface area contributed by atoms with Crippen LogP contribution in [0.1, 0.15) is 16.9 Å². The minimum Gasteiger partial charge on any atom is -0.468 e. The van der Waals surface area contributed by atoms with Gasteiger partial charge in [0.15, 0.2) is 0 Å². The maximum atomic E-state index is 13.9. The Morgan fingerprint density at radius 1 is 0.947 bits per heavy atom. The minimum atomic E-state index is -0.600. The summed E-state index contributed by atoms with van der Waals surface area (Å²) < 4.78 is 27.5. The van der Waals surface area contributed by atoms with Gasteiger partial charge in [-0.1, -0.05) is 66.7 Å². The second-order valence-corrected chi connectivity index (χ2v) is 9.27. The van der Waals surface area contributed by atoms with Gasteiger partial charge in [-0.25, -0.2) is 9.07 Å². The number of aryl methyl sites for hydroxylation is 1. The van der Waals surface area contributed by atoms with Gasteiger partial charge in [0.1, 0.15) is 23.0 Å². The number of benzene rings is 3. The second kappa shape index (κ2) is 11.9. The molecule has 5 aromatic rings. The van der Waals surface area contributed by atoms with E-state index in [1.54, 1.807) is 23.1 Å². The van der Waals surface area contributed by atoms with E-state index in [0.717, 1.165) is 28.1 Å². The minimum absolute atomic E-state index is 0.377. The van der Waals surface area contributed by atoms with Crippen molar-refractivity contribution in [3.05, 3.63) is 126 Å². The number of aliphatic hydroxyl groups excluding tert-OH is 1. The molecule has 1 atom stereocenters. The number of halogens is 1. The molecule has 194 valence electrons. The van der Waals surface area contributed by atoms with Crippen LogP contribution in [0.3, 0.4) is 0 Å². The summed E-state index contributed by atoms with van der Waals surface area (Å²) in [6.07, 6.45) is 1.57. The van der Waals surface area contributed by atoms with Crippen LogP contribution in [0, 0.1) is 5.82 Å². The van der Waals surface area contributed by atoms with Crippen LogP contribution in [0.4, 0.5) is 4.39 Å². The van der Waals surface area contributed by atoms with Gasteiger partial charge in [-0.3, -0.25) is 4.90 Å². The third-order valence-electron chi connectivity index (χ3n) is 6.27. The van der Waals surface area contributed by atoms with Gasteiger partial charge in [-0.15, -0.1) is 0 Å². The number of furan rings is 1. The standard InChI is InChI=1S/C31H30FN3O3/c1-34-31(38-27-15-8-14-25(32)19-27)29(30(33-34)24-12-6-3-7-13-24)22-35(21-28-16-9-17-37-28)20-26(36)18-23-10-4-2-5-11-23/h2-17,19,26,36H,18,20-22H2,1H3. The molecule has 0 saturated carbocycles. The molecule has 0 bridgehead atoms. The van der Waals surface area contributed by atoms with Gasteiger partial charge in [-0.05, 0) is 36.2 Å². The largest absolute Gasteiger partial charge is 0.468 e. The number of hydrogen-bond donors (Lipinski definition) is 1.